The number of hydrogen-bond donors (Lipinski definition) is 1. The average molecular weight is 270 g/mol. The van der Waals surface area contributed by atoms with Gasteiger partial charge in [-0.3, -0.25) is 10.1 Å². The van der Waals surface area contributed by atoms with E-state index < -0.39 is 0 Å². The molecular weight excluding hydrogens is 250 g/mol. The summed E-state index contributed by atoms with van der Waals surface area (Å²) in [6, 6.07) is 7.22. The molecule has 0 heterocycles. The highest BCUT2D eigenvalue weighted by atomic mass is 35.5. The van der Waals surface area contributed by atoms with E-state index in [1.807, 2.05) is 45.0 Å². The number of carbonyl (C=O) groups excluding carboxylic acids is 1. The van der Waals surface area contributed by atoms with Crippen LogP contribution in [0.5, 0.6) is 0 Å². The topological polar surface area (TPSA) is 38.3 Å². The first-order valence-electron chi connectivity index (χ1n) is 5.90. The van der Waals surface area contributed by atoms with E-state index in [-0.39, 0.29) is 17.4 Å². The fourth-order valence-corrected chi connectivity index (χ4v) is 1.94. The second-order valence-electron chi connectivity index (χ2n) is 5.33. The Hall–Kier alpha value is -1.06. The molecule has 100 valence electrons. The fraction of sp³-hybridized carbons (Fsp3) is 0.500. The molecule has 0 bridgehead atoms. The molecule has 0 aromatic heterocycles. The van der Waals surface area contributed by atoms with Crippen molar-refractivity contribution in [2.75, 3.05) is 7.11 Å². The second-order valence-corrected chi connectivity index (χ2v) is 5.77. The van der Waals surface area contributed by atoms with Crippen molar-refractivity contribution in [3.05, 3.63) is 34.9 Å². The van der Waals surface area contributed by atoms with E-state index in [0.717, 1.165) is 5.56 Å². The van der Waals surface area contributed by atoms with Crippen molar-refractivity contribution in [3.8, 4) is 0 Å². The zero-order valence-corrected chi connectivity index (χ0v) is 12.0. The molecular formula is C14H20ClNO2. The van der Waals surface area contributed by atoms with Crippen LogP contribution < -0.4 is 5.32 Å². The van der Waals surface area contributed by atoms with E-state index >= 15 is 0 Å². The summed E-state index contributed by atoms with van der Waals surface area (Å²) in [5.41, 5.74) is 0.840. The first kappa shape index (κ1) is 15.0. The largest absolute Gasteiger partial charge is 0.468 e. The summed E-state index contributed by atoms with van der Waals surface area (Å²) in [5.74, 6) is -0.246. The first-order chi connectivity index (χ1) is 8.34. The lowest BCUT2D eigenvalue weighted by Crippen LogP contribution is -2.46. The number of halogens is 1. The summed E-state index contributed by atoms with van der Waals surface area (Å²) in [6.45, 7) is 6.58. The maximum atomic E-state index is 11.7. The summed E-state index contributed by atoms with van der Waals surface area (Å²) >= 11 is 5.92. The fourth-order valence-electron chi connectivity index (χ4n) is 1.73. The van der Waals surface area contributed by atoms with Gasteiger partial charge in [0.15, 0.2) is 0 Å². The standard InChI is InChI=1S/C14H20ClNO2/c1-14(2,3)12(13(17)18-4)16-9-10-6-5-7-11(15)8-10/h5-8,12,16H,9H2,1-4H3. The molecule has 4 heteroatoms. The Bertz CT molecular complexity index is 413. The van der Waals surface area contributed by atoms with E-state index in [4.69, 9.17) is 16.3 Å². The molecule has 3 nitrogen and oxygen atoms in total. The van der Waals surface area contributed by atoms with Crippen LogP contribution in [0.1, 0.15) is 26.3 Å². The Kier molecular flexibility index (Phi) is 5.17. The van der Waals surface area contributed by atoms with Crippen molar-refractivity contribution in [3.63, 3.8) is 0 Å². The quantitative estimate of drug-likeness (QED) is 0.854. The van der Waals surface area contributed by atoms with Crippen molar-refractivity contribution in [1.82, 2.24) is 5.32 Å². The monoisotopic (exact) mass is 269 g/mol. The summed E-state index contributed by atoms with van der Waals surface area (Å²) in [6.07, 6.45) is 0. The van der Waals surface area contributed by atoms with Crippen LogP contribution in [0, 0.1) is 5.41 Å². The Morgan fingerprint density at radius 1 is 1.44 bits per heavy atom. The number of rotatable bonds is 4. The summed E-state index contributed by atoms with van der Waals surface area (Å²) in [7, 11) is 1.40. The molecule has 1 aromatic carbocycles. The minimum absolute atomic E-state index is 0.203. The van der Waals surface area contributed by atoms with E-state index in [1.165, 1.54) is 7.11 Å². The lowest BCUT2D eigenvalue weighted by atomic mass is 9.86. The van der Waals surface area contributed by atoms with Crippen molar-refractivity contribution in [1.29, 1.82) is 0 Å². The molecule has 18 heavy (non-hydrogen) atoms. The van der Waals surface area contributed by atoms with Crippen LogP contribution in [0.3, 0.4) is 0 Å². The molecule has 0 saturated heterocycles. The molecule has 0 amide bonds. The minimum Gasteiger partial charge on any atom is -0.468 e. The third-order valence-electron chi connectivity index (χ3n) is 2.70. The van der Waals surface area contributed by atoms with Gasteiger partial charge in [-0.1, -0.05) is 44.5 Å². The molecule has 1 atom stereocenters. The van der Waals surface area contributed by atoms with Crippen LogP contribution in [0.4, 0.5) is 0 Å². The molecule has 0 radical (unpaired) electrons. The van der Waals surface area contributed by atoms with E-state index in [0.29, 0.717) is 11.6 Å². The van der Waals surface area contributed by atoms with Crippen LogP contribution >= 0.6 is 11.6 Å². The molecule has 0 saturated carbocycles. The van der Waals surface area contributed by atoms with Crippen LogP contribution in [-0.2, 0) is 16.1 Å². The number of ether oxygens (including phenoxy) is 1. The predicted molar refractivity (Wildman–Crippen MR) is 73.6 cm³/mol. The van der Waals surface area contributed by atoms with Crippen molar-refractivity contribution in [2.45, 2.75) is 33.4 Å². The maximum absolute atomic E-state index is 11.7. The van der Waals surface area contributed by atoms with Gasteiger partial charge < -0.3 is 4.74 Å². The number of hydrogen-bond acceptors (Lipinski definition) is 3. The van der Waals surface area contributed by atoms with E-state index in [1.54, 1.807) is 0 Å². The van der Waals surface area contributed by atoms with Crippen molar-refractivity contribution < 1.29 is 9.53 Å². The van der Waals surface area contributed by atoms with Gasteiger partial charge in [0.05, 0.1) is 7.11 Å². The Morgan fingerprint density at radius 3 is 2.61 bits per heavy atom. The van der Waals surface area contributed by atoms with Crippen molar-refractivity contribution in [2.24, 2.45) is 5.41 Å². The first-order valence-corrected chi connectivity index (χ1v) is 6.28. The highest BCUT2D eigenvalue weighted by molar-refractivity contribution is 6.30. The lowest BCUT2D eigenvalue weighted by Gasteiger charge is -2.29. The molecule has 0 spiro atoms. The highest BCUT2D eigenvalue weighted by Crippen LogP contribution is 2.21. The number of carbonyl (C=O) groups is 1. The van der Waals surface area contributed by atoms with Crippen LogP contribution in [0.15, 0.2) is 24.3 Å². The minimum atomic E-state index is -0.346. The van der Waals surface area contributed by atoms with Gasteiger partial charge in [-0.05, 0) is 23.1 Å². The smallest absolute Gasteiger partial charge is 0.323 e. The maximum Gasteiger partial charge on any atom is 0.323 e. The molecule has 0 aliphatic carbocycles. The van der Waals surface area contributed by atoms with Crippen LogP contribution in [0.25, 0.3) is 0 Å². The Balaban J connectivity index is 2.71. The van der Waals surface area contributed by atoms with Gasteiger partial charge in [-0.25, -0.2) is 0 Å². The summed E-state index contributed by atoms with van der Waals surface area (Å²) in [4.78, 5) is 11.7. The van der Waals surface area contributed by atoms with Gasteiger partial charge in [0.2, 0.25) is 0 Å². The van der Waals surface area contributed by atoms with Crippen LogP contribution in [0.2, 0.25) is 5.02 Å². The molecule has 0 aliphatic rings. The molecule has 1 rings (SSSR count). The van der Waals surface area contributed by atoms with Gasteiger partial charge >= 0.3 is 5.97 Å². The average Bonchev–Trinajstić information content (AvgIpc) is 2.27. The third-order valence-corrected chi connectivity index (χ3v) is 2.94. The highest BCUT2D eigenvalue weighted by Gasteiger charge is 2.31. The zero-order valence-electron chi connectivity index (χ0n) is 11.3. The molecule has 1 N–H and O–H groups in total. The number of esters is 1. The van der Waals surface area contributed by atoms with Gasteiger partial charge in [0.1, 0.15) is 6.04 Å². The molecule has 1 aromatic rings. The van der Waals surface area contributed by atoms with E-state index in [2.05, 4.69) is 5.32 Å². The number of benzene rings is 1. The van der Waals surface area contributed by atoms with Gasteiger partial charge in [0, 0.05) is 11.6 Å². The third kappa shape index (κ3) is 4.31. The van der Waals surface area contributed by atoms with Crippen molar-refractivity contribution >= 4 is 17.6 Å². The molecule has 0 fully saturated rings. The van der Waals surface area contributed by atoms with Gasteiger partial charge in [-0.2, -0.15) is 0 Å². The van der Waals surface area contributed by atoms with Gasteiger partial charge in [-0.15, -0.1) is 0 Å². The predicted octanol–water partition coefficient (Wildman–Crippen LogP) is 3.02. The van der Waals surface area contributed by atoms with Crippen LogP contribution in [-0.4, -0.2) is 19.1 Å². The lowest BCUT2D eigenvalue weighted by molar-refractivity contribution is -0.146. The SMILES string of the molecule is COC(=O)C(NCc1cccc(Cl)c1)C(C)(C)C. The van der Waals surface area contributed by atoms with E-state index in [9.17, 15) is 4.79 Å². The van der Waals surface area contributed by atoms with Gasteiger partial charge in [0.25, 0.3) is 0 Å². The summed E-state index contributed by atoms with van der Waals surface area (Å²) in [5, 5.41) is 3.91. The zero-order chi connectivity index (χ0) is 13.8. The Morgan fingerprint density at radius 2 is 2.11 bits per heavy atom. The molecule has 1 unspecified atom stereocenters. The number of methoxy groups -OCH3 is 1. The molecule has 0 aliphatic heterocycles. The second kappa shape index (κ2) is 6.21. The Labute approximate surface area is 113 Å². The summed E-state index contributed by atoms with van der Waals surface area (Å²) < 4.78 is 4.82. The normalized spacial score (nSPS) is 13.2. The number of nitrogens with one attached hydrogen (secondary N) is 1.